The molecule has 5 nitrogen and oxygen atoms in total. The first-order valence-electron chi connectivity index (χ1n) is 9.96. The molecule has 1 amide bonds. The molecule has 2 aliphatic heterocycles. The second kappa shape index (κ2) is 7.77. The van der Waals surface area contributed by atoms with Crippen LogP contribution >= 0.6 is 0 Å². The average Bonchev–Trinajstić information content (AvgIpc) is 3.29. The number of amides is 1. The predicted molar refractivity (Wildman–Crippen MR) is 106 cm³/mol. The Labute approximate surface area is 161 Å². The molecule has 5 heteroatoms. The van der Waals surface area contributed by atoms with E-state index in [1.54, 1.807) is 0 Å². The lowest BCUT2D eigenvalue weighted by molar-refractivity contribution is 0.0652. The molecule has 2 fully saturated rings. The number of hydrogen-bond acceptors (Lipinski definition) is 3. The van der Waals surface area contributed by atoms with Crippen LogP contribution in [0.15, 0.2) is 48.7 Å². The Morgan fingerprint density at radius 2 is 1.93 bits per heavy atom. The van der Waals surface area contributed by atoms with E-state index in [9.17, 15) is 4.79 Å². The fourth-order valence-electron chi connectivity index (χ4n) is 4.60. The minimum absolute atomic E-state index is 0.170. The fraction of sp³-hybridized carbons (Fsp3) is 0.500. The van der Waals surface area contributed by atoms with Crippen LogP contribution < -0.4 is 4.74 Å². The number of hydrogen-bond donors (Lipinski definition) is 0. The number of ether oxygens (including phenoxy) is 1. The number of likely N-dealkylation sites (tertiary alicyclic amines) is 2. The maximum atomic E-state index is 12.8. The smallest absolute Gasteiger partial charge is 0.270 e. The highest BCUT2D eigenvalue weighted by atomic mass is 16.5. The highest BCUT2D eigenvalue weighted by Crippen LogP contribution is 2.39. The van der Waals surface area contributed by atoms with Crippen molar-refractivity contribution in [2.45, 2.75) is 19.3 Å². The zero-order valence-electron chi connectivity index (χ0n) is 16.1. The molecule has 1 aromatic carbocycles. The van der Waals surface area contributed by atoms with Crippen LogP contribution in [0.4, 0.5) is 0 Å². The third kappa shape index (κ3) is 4.03. The number of nitrogens with zero attached hydrogens (tertiary/aromatic N) is 3. The molecular formula is C22H29N3O2. The molecule has 3 heterocycles. The molecule has 0 aliphatic carbocycles. The van der Waals surface area contributed by atoms with Gasteiger partial charge in [-0.15, -0.1) is 0 Å². The molecule has 2 aromatic rings. The molecule has 1 spiro atoms. The van der Waals surface area contributed by atoms with Crippen molar-refractivity contribution >= 4 is 5.91 Å². The van der Waals surface area contributed by atoms with Crippen LogP contribution in [0, 0.1) is 5.41 Å². The Bertz CT molecular complexity index is 773. The summed E-state index contributed by atoms with van der Waals surface area (Å²) >= 11 is 0. The van der Waals surface area contributed by atoms with E-state index in [0.29, 0.717) is 6.61 Å². The van der Waals surface area contributed by atoms with Crippen molar-refractivity contribution in [1.82, 2.24) is 14.4 Å². The summed E-state index contributed by atoms with van der Waals surface area (Å²) in [6, 6.07) is 13.9. The zero-order valence-corrected chi connectivity index (χ0v) is 16.1. The summed E-state index contributed by atoms with van der Waals surface area (Å²) in [6.45, 7) is 5.62. The Morgan fingerprint density at radius 3 is 2.70 bits per heavy atom. The summed E-state index contributed by atoms with van der Waals surface area (Å²) in [4.78, 5) is 17.4. The largest absolute Gasteiger partial charge is 0.492 e. The summed E-state index contributed by atoms with van der Waals surface area (Å²) in [5, 5.41) is 0. The molecule has 2 saturated heterocycles. The summed E-state index contributed by atoms with van der Waals surface area (Å²) < 4.78 is 7.79. The monoisotopic (exact) mass is 367 g/mol. The van der Waals surface area contributed by atoms with Crippen LogP contribution in [0.1, 0.15) is 29.8 Å². The third-order valence-corrected chi connectivity index (χ3v) is 6.05. The van der Waals surface area contributed by atoms with Crippen molar-refractivity contribution in [3.05, 3.63) is 54.4 Å². The van der Waals surface area contributed by atoms with Crippen molar-refractivity contribution in [3.8, 4) is 5.75 Å². The van der Waals surface area contributed by atoms with E-state index in [-0.39, 0.29) is 11.3 Å². The minimum Gasteiger partial charge on any atom is -0.492 e. The molecule has 2 aliphatic rings. The van der Waals surface area contributed by atoms with Gasteiger partial charge >= 0.3 is 0 Å². The average molecular weight is 367 g/mol. The number of para-hydroxylation sites is 1. The minimum atomic E-state index is 0.170. The summed E-state index contributed by atoms with van der Waals surface area (Å²) in [7, 11) is 1.94. The summed E-state index contributed by atoms with van der Waals surface area (Å²) in [5.74, 6) is 1.10. The van der Waals surface area contributed by atoms with Gasteiger partial charge in [-0.2, -0.15) is 0 Å². The fourth-order valence-corrected chi connectivity index (χ4v) is 4.60. The van der Waals surface area contributed by atoms with Crippen molar-refractivity contribution < 1.29 is 9.53 Å². The van der Waals surface area contributed by atoms with Gasteiger partial charge in [-0.1, -0.05) is 18.2 Å². The van der Waals surface area contributed by atoms with Gasteiger partial charge in [0.05, 0.1) is 0 Å². The SMILES string of the molecule is Cn1cccc1C(=O)N1CC[C@@]2(CCCN(CCOc3ccccc3)C2)C1. The van der Waals surface area contributed by atoms with Crippen LogP contribution in [0.5, 0.6) is 5.75 Å². The number of piperidine rings is 1. The van der Waals surface area contributed by atoms with E-state index in [2.05, 4.69) is 9.80 Å². The van der Waals surface area contributed by atoms with Gasteiger partial charge in [-0.3, -0.25) is 9.69 Å². The maximum Gasteiger partial charge on any atom is 0.270 e. The summed E-state index contributed by atoms with van der Waals surface area (Å²) in [6.07, 6.45) is 5.48. The van der Waals surface area contributed by atoms with E-state index in [0.717, 1.165) is 50.6 Å². The van der Waals surface area contributed by atoms with Crippen molar-refractivity contribution in [3.63, 3.8) is 0 Å². The topological polar surface area (TPSA) is 37.7 Å². The lowest BCUT2D eigenvalue weighted by Crippen LogP contribution is -2.46. The zero-order chi connectivity index (χ0) is 18.7. The van der Waals surface area contributed by atoms with E-state index >= 15 is 0 Å². The van der Waals surface area contributed by atoms with Gasteiger partial charge in [-0.05, 0) is 50.1 Å². The Kier molecular flexibility index (Phi) is 5.21. The van der Waals surface area contributed by atoms with Gasteiger partial charge in [0.25, 0.3) is 5.91 Å². The van der Waals surface area contributed by atoms with Crippen LogP contribution in [-0.4, -0.2) is 59.6 Å². The standard InChI is InChI=1S/C22H29N3O2/c1-23-12-5-9-20(23)21(26)25-14-11-22(18-25)10-6-13-24(17-22)15-16-27-19-7-3-2-4-8-19/h2-5,7-9,12H,6,10-11,13-18H2,1H3/t22-/m1/s1. The molecule has 27 heavy (non-hydrogen) atoms. The normalized spacial score (nSPS) is 23.1. The third-order valence-electron chi connectivity index (χ3n) is 6.05. The Balaban J connectivity index is 1.31. The van der Waals surface area contributed by atoms with E-state index in [4.69, 9.17) is 4.74 Å². The number of carbonyl (C=O) groups is 1. The number of aryl methyl sites for hydroxylation is 1. The van der Waals surface area contributed by atoms with Crippen molar-refractivity contribution in [1.29, 1.82) is 0 Å². The molecule has 0 unspecified atom stereocenters. The van der Waals surface area contributed by atoms with Gasteiger partial charge in [0.15, 0.2) is 0 Å². The first-order chi connectivity index (χ1) is 13.2. The lowest BCUT2D eigenvalue weighted by atomic mass is 9.79. The second-order valence-corrected chi connectivity index (χ2v) is 8.02. The van der Waals surface area contributed by atoms with Gasteiger partial charge in [0.2, 0.25) is 0 Å². The maximum absolute atomic E-state index is 12.8. The predicted octanol–water partition coefficient (Wildman–Crippen LogP) is 3.03. The molecular weight excluding hydrogens is 338 g/mol. The lowest BCUT2D eigenvalue weighted by Gasteiger charge is -2.40. The van der Waals surface area contributed by atoms with Crippen LogP contribution in [0.2, 0.25) is 0 Å². The van der Waals surface area contributed by atoms with E-state index < -0.39 is 0 Å². The first kappa shape index (κ1) is 18.1. The number of rotatable bonds is 5. The molecule has 1 atom stereocenters. The quantitative estimate of drug-likeness (QED) is 0.815. The van der Waals surface area contributed by atoms with Crippen LogP contribution in [0.3, 0.4) is 0 Å². The van der Waals surface area contributed by atoms with E-state index in [1.807, 2.05) is 60.3 Å². The number of aromatic nitrogens is 1. The molecule has 0 bridgehead atoms. The van der Waals surface area contributed by atoms with Crippen molar-refractivity contribution in [2.75, 3.05) is 39.3 Å². The molecule has 0 saturated carbocycles. The highest BCUT2D eigenvalue weighted by Gasteiger charge is 2.43. The number of benzene rings is 1. The Hall–Kier alpha value is -2.27. The number of carbonyl (C=O) groups excluding carboxylic acids is 1. The molecule has 0 radical (unpaired) electrons. The van der Waals surface area contributed by atoms with Gasteiger partial charge in [-0.25, -0.2) is 0 Å². The van der Waals surface area contributed by atoms with Gasteiger partial charge in [0.1, 0.15) is 18.1 Å². The molecule has 4 rings (SSSR count). The van der Waals surface area contributed by atoms with Crippen LogP contribution in [-0.2, 0) is 7.05 Å². The molecule has 1 aromatic heterocycles. The highest BCUT2D eigenvalue weighted by molar-refractivity contribution is 5.93. The second-order valence-electron chi connectivity index (χ2n) is 8.02. The molecule has 0 N–H and O–H groups in total. The van der Waals surface area contributed by atoms with Gasteiger partial charge < -0.3 is 14.2 Å². The van der Waals surface area contributed by atoms with Gasteiger partial charge in [0, 0.05) is 44.8 Å². The Morgan fingerprint density at radius 1 is 1.07 bits per heavy atom. The van der Waals surface area contributed by atoms with Crippen molar-refractivity contribution in [2.24, 2.45) is 12.5 Å². The summed E-state index contributed by atoms with van der Waals surface area (Å²) in [5.41, 5.74) is 1.04. The van der Waals surface area contributed by atoms with E-state index in [1.165, 1.54) is 12.8 Å². The molecule has 144 valence electrons. The van der Waals surface area contributed by atoms with Crippen LogP contribution in [0.25, 0.3) is 0 Å². The first-order valence-corrected chi connectivity index (χ1v) is 9.96.